The number of aromatic nitrogens is 1. The van der Waals surface area contributed by atoms with Crippen LogP contribution in [0.3, 0.4) is 0 Å². The van der Waals surface area contributed by atoms with Crippen molar-refractivity contribution < 1.29 is 22.3 Å². The van der Waals surface area contributed by atoms with Gasteiger partial charge in [-0.15, -0.1) is 0 Å². The third kappa shape index (κ3) is 5.38. The average molecular weight is 464 g/mol. The fourth-order valence-electron chi connectivity index (χ4n) is 2.61. The Labute approximate surface area is 184 Å². The second-order valence-electron chi connectivity index (χ2n) is 6.64. The quantitative estimate of drug-likeness (QED) is 0.575. The van der Waals surface area contributed by atoms with Crippen LogP contribution in [0.5, 0.6) is 11.6 Å². The fourth-order valence-corrected chi connectivity index (χ4v) is 4.00. The number of pyridine rings is 1. The number of sulfonamides is 1. The van der Waals surface area contributed by atoms with Gasteiger partial charge < -0.3 is 10.1 Å². The molecule has 0 aliphatic carbocycles. The van der Waals surface area contributed by atoms with Gasteiger partial charge in [-0.25, -0.2) is 22.1 Å². The molecule has 0 atom stereocenters. The first-order chi connectivity index (χ1) is 14.7. The normalized spacial score (nSPS) is 11.4. The first kappa shape index (κ1) is 22.7. The van der Waals surface area contributed by atoms with E-state index in [2.05, 4.69) is 10.3 Å². The number of rotatable bonds is 7. The molecule has 0 radical (unpaired) electrons. The zero-order valence-electron chi connectivity index (χ0n) is 16.7. The largest absolute Gasteiger partial charge is 0.439 e. The standard InChI is InChI=1S/C21H19ClFN3O4S/c1-26(2)31(28,29)19-11-14(8-9-18(19)22)20(27)25-13-15-5-4-10-24-21(15)30-17-7-3-6-16(23)12-17/h3-12H,13H2,1-2H3,(H,25,27). The van der Waals surface area contributed by atoms with Crippen molar-refractivity contribution in [1.82, 2.24) is 14.6 Å². The Kier molecular flexibility index (Phi) is 6.89. The van der Waals surface area contributed by atoms with Crippen molar-refractivity contribution in [2.45, 2.75) is 11.4 Å². The van der Waals surface area contributed by atoms with Gasteiger partial charge in [-0.05, 0) is 36.4 Å². The maximum Gasteiger partial charge on any atom is 0.251 e. The van der Waals surface area contributed by atoms with Gasteiger partial charge in [0.25, 0.3) is 5.91 Å². The van der Waals surface area contributed by atoms with E-state index in [0.29, 0.717) is 5.56 Å². The van der Waals surface area contributed by atoms with Crippen LogP contribution < -0.4 is 10.1 Å². The van der Waals surface area contributed by atoms with Crippen LogP contribution in [0.25, 0.3) is 0 Å². The van der Waals surface area contributed by atoms with Crippen molar-refractivity contribution in [3.05, 3.63) is 82.8 Å². The summed E-state index contributed by atoms with van der Waals surface area (Å²) in [6.07, 6.45) is 1.51. The first-order valence-corrected chi connectivity index (χ1v) is 10.9. The fraction of sp³-hybridized carbons (Fsp3) is 0.143. The number of hydrogen-bond acceptors (Lipinski definition) is 5. The molecule has 3 aromatic rings. The Morgan fingerprint density at radius 1 is 1.16 bits per heavy atom. The third-order valence-electron chi connectivity index (χ3n) is 4.25. The maximum atomic E-state index is 13.4. The molecule has 0 aliphatic heterocycles. The molecule has 10 heteroatoms. The molecule has 162 valence electrons. The molecule has 0 fully saturated rings. The molecule has 7 nitrogen and oxygen atoms in total. The summed E-state index contributed by atoms with van der Waals surface area (Å²) >= 11 is 6.02. The van der Waals surface area contributed by atoms with Gasteiger partial charge in [0.15, 0.2) is 0 Å². The molecular weight excluding hydrogens is 445 g/mol. The van der Waals surface area contributed by atoms with E-state index in [1.807, 2.05) is 0 Å². The molecule has 1 aromatic heterocycles. The minimum absolute atomic E-state index is 0.0169. The number of halogens is 2. The van der Waals surface area contributed by atoms with Gasteiger partial charge in [0, 0.05) is 44.0 Å². The molecule has 1 heterocycles. The van der Waals surface area contributed by atoms with Crippen LogP contribution in [0.4, 0.5) is 4.39 Å². The lowest BCUT2D eigenvalue weighted by atomic mass is 10.2. The highest BCUT2D eigenvalue weighted by Crippen LogP contribution is 2.26. The van der Waals surface area contributed by atoms with Gasteiger partial charge in [0.05, 0.1) is 5.02 Å². The number of nitrogens with zero attached hydrogens (tertiary/aromatic N) is 2. The van der Waals surface area contributed by atoms with Crippen molar-refractivity contribution in [3.8, 4) is 11.6 Å². The lowest BCUT2D eigenvalue weighted by molar-refractivity contribution is 0.0950. The van der Waals surface area contributed by atoms with Gasteiger partial charge in [0.2, 0.25) is 15.9 Å². The number of ether oxygens (including phenoxy) is 1. The number of benzene rings is 2. The molecule has 2 aromatic carbocycles. The van der Waals surface area contributed by atoms with E-state index < -0.39 is 21.7 Å². The van der Waals surface area contributed by atoms with Crippen LogP contribution in [0, 0.1) is 5.82 Å². The molecular formula is C21H19ClFN3O4S. The molecule has 31 heavy (non-hydrogen) atoms. The number of hydrogen-bond donors (Lipinski definition) is 1. The number of nitrogens with one attached hydrogen (secondary N) is 1. The Bertz CT molecular complexity index is 1220. The number of carbonyl (C=O) groups excluding carboxylic acids is 1. The lowest BCUT2D eigenvalue weighted by Gasteiger charge is -2.14. The van der Waals surface area contributed by atoms with E-state index in [1.165, 1.54) is 56.7 Å². The molecule has 3 rings (SSSR count). The van der Waals surface area contributed by atoms with E-state index >= 15 is 0 Å². The van der Waals surface area contributed by atoms with Crippen LogP contribution in [0.2, 0.25) is 5.02 Å². The smallest absolute Gasteiger partial charge is 0.251 e. The highest BCUT2D eigenvalue weighted by molar-refractivity contribution is 7.89. The van der Waals surface area contributed by atoms with Gasteiger partial charge in [-0.1, -0.05) is 23.7 Å². The molecule has 0 saturated carbocycles. The molecule has 1 amide bonds. The Balaban J connectivity index is 1.78. The van der Waals surface area contributed by atoms with Crippen LogP contribution >= 0.6 is 11.6 Å². The van der Waals surface area contributed by atoms with Crippen molar-refractivity contribution in [2.24, 2.45) is 0 Å². The summed E-state index contributed by atoms with van der Waals surface area (Å²) in [5.41, 5.74) is 0.677. The second kappa shape index (κ2) is 9.42. The lowest BCUT2D eigenvalue weighted by Crippen LogP contribution is -2.25. The summed E-state index contributed by atoms with van der Waals surface area (Å²) in [6.45, 7) is 0.0513. The summed E-state index contributed by atoms with van der Waals surface area (Å²) in [4.78, 5) is 16.6. The predicted octanol–water partition coefficient (Wildman–Crippen LogP) is 3.85. The Morgan fingerprint density at radius 3 is 2.65 bits per heavy atom. The summed E-state index contributed by atoms with van der Waals surface area (Å²) in [5.74, 6) is -0.482. The molecule has 1 N–H and O–H groups in total. The molecule has 0 unspecified atom stereocenters. The monoisotopic (exact) mass is 463 g/mol. The van der Waals surface area contributed by atoms with Crippen molar-refractivity contribution in [2.75, 3.05) is 14.1 Å². The van der Waals surface area contributed by atoms with Crippen LogP contribution in [-0.4, -0.2) is 37.7 Å². The number of carbonyl (C=O) groups is 1. The molecule has 0 aliphatic rings. The molecule has 0 bridgehead atoms. The second-order valence-corrected chi connectivity index (χ2v) is 9.17. The van der Waals surface area contributed by atoms with Crippen LogP contribution in [0.1, 0.15) is 15.9 Å². The van der Waals surface area contributed by atoms with Crippen LogP contribution in [-0.2, 0) is 16.6 Å². The van der Waals surface area contributed by atoms with Gasteiger partial charge in [0.1, 0.15) is 16.5 Å². The summed E-state index contributed by atoms with van der Waals surface area (Å²) in [5, 5.41) is 2.71. The average Bonchev–Trinajstić information content (AvgIpc) is 2.73. The predicted molar refractivity (Wildman–Crippen MR) is 114 cm³/mol. The highest BCUT2D eigenvalue weighted by atomic mass is 35.5. The van der Waals surface area contributed by atoms with E-state index in [-0.39, 0.29) is 33.7 Å². The van der Waals surface area contributed by atoms with Gasteiger partial charge in [-0.2, -0.15) is 0 Å². The highest BCUT2D eigenvalue weighted by Gasteiger charge is 2.22. The van der Waals surface area contributed by atoms with Gasteiger partial charge >= 0.3 is 0 Å². The minimum atomic E-state index is -3.81. The van der Waals surface area contributed by atoms with Crippen molar-refractivity contribution >= 4 is 27.5 Å². The molecule has 0 spiro atoms. The van der Waals surface area contributed by atoms with Gasteiger partial charge in [-0.3, -0.25) is 4.79 Å². The van der Waals surface area contributed by atoms with Crippen molar-refractivity contribution in [1.29, 1.82) is 0 Å². The SMILES string of the molecule is CN(C)S(=O)(=O)c1cc(C(=O)NCc2cccnc2Oc2cccc(F)c2)ccc1Cl. The van der Waals surface area contributed by atoms with Crippen LogP contribution in [0.15, 0.2) is 65.7 Å². The summed E-state index contributed by atoms with van der Waals surface area (Å²) < 4.78 is 44.9. The van der Waals surface area contributed by atoms with E-state index in [0.717, 1.165) is 4.31 Å². The zero-order valence-corrected chi connectivity index (χ0v) is 18.2. The summed E-state index contributed by atoms with van der Waals surface area (Å²) in [7, 11) is -1.06. The topological polar surface area (TPSA) is 88.6 Å². The first-order valence-electron chi connectivity index (χ1n) is 9.06. The number of amides is 1. The Hall–Kier alpha value is -3.01. The van der Waals surface area contributed by atoms with E-state index in [1.54, 1.807) is 18.2 Å². The van der Waals surface area contributed by atoms with E-state index in [4.69, 9.17) is 16.3 Å². The maximum absolute atomic E-state index is 13.4. The third-order valence-corrected chi connectivity index (χ3v) is 6.55. The summed E-state index contributed by atoms with van der Waals surface area (Å²) in [6, 6.07) is 13.0. The van der Waals surface area contributed by atoms with E-state index in [9.17, 15) is 17.6 Å². The Morgan fingerprint density at radius 2 is 1.94 bits per heavy atom. The van der Waals surface area contributed by atoms with Crippen molar-refractivity contribution in [3.63, 3.8) is 0 Å². The minimum Gasteiger partial charge on any atom is -0.439 e. The molecule has 0 saturated heterocycles. The zero-order chi connectivity index (χ0) is 22.6.